The molecule has 0 aromatic heterocycles. The van der Waals surface area contributed by atoms with Crippen molar-refractivity contribution < 1.29 is 19.1 Å². The summed E-state index contributed by atoms with van der Waals surface area (Å²) in [5, 5.41) is 0.570. The van der Waals surface area contributed by atoms with E-state index in [1.165, 1.54) is 0 Å². The summed E-state index contributed by atoms with van der Waals surface area (Å²) in [6.45, 7) is 0.808. The van der Waals surface area contributed by atoms with Crippen molar-refractivity contribution in [1.82, 2.24) is 4.90 Å². The minimum atomic E-state index is -0.376. The Morgan fingerprint density at radius 3 is 2.25 bits per heavy atom. The van der Waals surface area contributed by atoms with Crippen molar-refractivity contribution in [3.8, 4) is 5.75 Å². The van der Waals surface area contributed by atoms with Gasteiger partial charge >= 0.3 is 0 Å². The highest BCUT2D eigenvalue weighted by Crippen LogP contribution is 2.19. The lowest BCUT2D eigenvalue weighted by atomic mass is 9.97. The average molecular weight is 401 g/mol. The van der Waals surface area contributed by atoms with Crippen LogP contribution >= 0.6 is 11.6 Å². The van der Waals surface area contributed by atoms with Crippen LogP contribution in [0, 0.1) is 5.92 Å². The van der Waals surface area contributed by atoms with Crippen LogP contribution in [0.1, 0.15) is 28.8 Å². The van der Waals surface area contributed by atoms with Gasteiger partial charge in [0.1, 0.15) is 5.75 Å². The van der Waals surface area contributed by atoms with Crippen LogP contribution in [0.3, 0.4) is 0 Å². The van der Waals surface area contributed by atoms with Crippen LogP contribution < -0.4 is 10.5 Å². The Kier molecular flexibility index (Phi) is 6.31. The second-order valence-electron chi connectivity index (χ2n) is 6.73. The summed E-state index contributed by atoms with van der Waals surface area (Å²) < 4.78 is 5.54. The lowest BCUT2D eigenvalue weighted by Gasteiger charge is -2.31. The van der Waals surface area contributed by atoms with Crippen LogP contribution in [0.15, 0.2) is 48.5 Å². The van der Waals surface area contributed by atoms with E-state index in [4.69, 9.17) is 22.1 Å². The first-order valence-corrected chi connectivity index (χ1v) is 9.42. The number of primary amides is 1. The monoisotopic (exact) mass is 400 g/mol. The van der Waals surface area contributed by atoms with Crippen molar-refractivity contribution in [3.63, 3.8) is 0 Å². The van der Waals surface area contributed by atoms with Gasteiger partial charge in [0.25, 0.3) is 5.91 Å². The molecule has 1 saturated heterocycles. The Balaban J connectivity index is 1.55. The van der Waals surface area contributed by atoms with E-state index < -0.39 is 0 Å². The third-order valence-corrected chi connectivity index (χ3v) is 5.01. The molecule has 3 rings (SSSR count). The number of nitrogens with zero attached hydrogens (tertiary/aromatic N) is 1. The van der Waals surface area contributed by atoms with E-state index in [9.17, 15) is 14.4 Å². The molecule has 1 aliphatic rings. The Labute approximate surface area is 168 Å². The van der Waals surface area contributed by atoms with Crippen molar-refractivity contribution in [2.45, 2.75) is 12.8 Å². The van der Waals surface area contributed by atoms with Gasteiger partial charge < -0.3 is 15.4 Å². The molecule has 2 amide bonds. The van der Waals surface area contributed by atoms with Crippen LogP contribution in [0.25, 0.3) is 0 Å². The van der Waals surface area contributed by atoms with Gasteiger partial charge in [-0.2, -0.15) is 0 Å². The van der Waals surface area contributed by atoms with Gasteiger partial charge in [0.2, 0.25) is 5.91 Å². The Bertz CT molecular complexity index is 865. The van der Waals surface area contributed by atoms with E-state index in [0.29, 0.717) is 41.4 Å². The highest BCUT2D eigenvalue weighted by molar-refractivity contribution is 6.30. The van der Waals surface area contributed by atoms with Gasteiger partial charge in [0.15, 0.2) is 12.4 Å². The number of ketones is 1. The summed E-state index contributed by atoms with van der Waals surface area (Å²) in [6.07, 6.45) is 1.46. The number of carbonyl (C=O) groups is 3. The highest BCUT2D eigenvalue weighted by Gasteiger charge is 2.27. The van der Waals surface area contributed by atoms with E-state index in [1.807, 2.05) is 0 Å². The van der Waals surface area contributed by atoms with Gasteiger partial charge in [-0.25, -0.2) is 0 Å². The Morgan fingerprint density at radius 1 is 1.04 bits per heavy atom. The minimum Gasteiger partial charge on any atom is -0.484 e. The van der Waals surface area contributed by atoms with Crippen LogP contribution in [0.2, 0.25) is 5.02 Å². The summed E-state index contributed by atoms with van der Waals surface area (Å²) in [7, 11) is 0. The van der Waals surface area contributed by atoms with Crippen molar-refractivity contribution in [1.29, 1.82) is 0 Å². The van der Waals surface area contributed by atoms with Crippen molar-refractivity contribution in [2.24, 2.45) is 11.7 Å². The summed E-state index contributed by atoms with van der Waals surface area (Å²) in [4.78, 5) is 37.7. The molecule has 0 unspecified atom stereocenters. The molecule has 146 valence electrons. The summed E-state index contributed by atoms with van der Waals surface area (Å²) in [5.74, 6) is -0.489. The number of hydrogen-bond acceptors (Lipinski definition) is 4. The van der Waals surface area contributed by atoms with Crippen LogP contribution in [-0.2, 0) is 9.59 Å². The largest absolute Gasteiger partial charge is 0.484 e. The zero-order chi connectivity index (χ0) is 20.1. The molecule has 1 atom stereocenters. The number of benzene rings is 2. The first-order chi connectivity index (χ1) is 13.4. The normalized spacial score (nSPS) is 16.5. The van der Waals surface area contributed by atoms with Crippen molar-refractivity contribution >= 4 is 29.2 Å². The average Bonchev–Trinajstić information content (AvgIpc) is 2.72. The third kappa shape index (κ3) is 4.89. The van der Waals surface area contributed by atoms with E-state index in [2.05, 4.69) is 0 Å². The smallest absolute Gasteiger partial charge is 0.260 e. The SMILES string of the molecule is NC(=O)[C@@H]1CCCN(C(=O)COc2ccc(C(=O)c3ccc(Cl)cc3)cc2)C1. The standard InChI is InChI=1S/C21H21ClN2O4/c22-17-7-3-14(4-8-17)20(26)15-5-9-18(10-6-15)28-13-19(25)24-11-1-2-16(12-24)21(23)27/h3-10,16H,1-2,11-13H2,(H2,23,27)/t16-/m1/s1. The zero-order valence-electron chi connectivity index (χ0n) is 15.3. The van der Waals surface area contributed by atoms with E-state index >= 15 is 0 Å². The molecule has 0 bridgehead atoms. The molecule has 2 aromatic carbocycles. The summed E-state index contributed by atoms with van der Waals surface area (Å²) >= 11 is 5.84. The van der Waals surface area contributed by atoms with Crippen molar-refractivity contribution in [2.75, 3.05) is 19.7 Å². The number of nitrogens with two attached hydrogens (primary N) is 1. The molecule has 2 N–H and O–H groups in total. The fraction of sp³-hybridized carbons (Fsp3) is 0.286. The van der Waals surface area contributed by atoms with Gasteiger partial charge in [-0.05, 0) is 61.4 Å². The van der Waals surface area contributed by atoms with E-state index in [0.717, 1.165) is 6.42 Å². The number of halogens is 1. The van der Waals surface area contributed by atoms with Gasteiger partial charge in [-0.15, -0.1) is 0 Å². The van der Waals surface area contributed by atoms with E-state index in [-0.39, 0.29) is 30.1 Å². The molecule has 6 nitrogen and oxygen atoms in total. The maximum Gasteiger partial charge on any atom is 0.260 e. The number of hydrogen-bond donors (Lipinski definition) is 1. The number of carbonyl (C=O) groups excluding carboxylic acids is 3. The number of rotatable bonds is 6. The van der Waals surface area contributed by atoms with Crippen molar-refractivity contribution in [3.05, 3.63) is 64.7 Å². The number of likely N-dealkylation sites (tertiary alicyclic amines) is 1. The predicted octanol–water partition coefficient (Wildman–Crippen LogP) is 2.67. The fourth-order valence-corrected chi connectivity index (χ4v) is 3.27. The third-order valence-electron chi connectivity index (χ3n) is 4.76. The molecular weight excluding hydrogens is 380 g/mol. The molecule has 7 heteroatoms. The molecule has 1 aliphatic heterocycles. The van der Waals surface area contributed by atoms with Crippen LogP contribution in [-0.4, -0.2) is 42.2 Å². The lowest BCUT2D eigenvalue weighted by Crippen LogP contribution is -2.45. The maximum absolute atomic E-state index is 12.4. The van der Waals surface area contributed by atoms with Gasteiger partial charge in [-0.1, -0.05) is 11.6 Å². The van der Waals surface area contributed by atoms with Crippen LogP contribution in [0.4, 0.5) is 0 Å². The minimum absolute atomic E-state index is 0.120. The number of amides is 2. The zero-order valence-corrected chi connectivity index (χ0v) is 16.0. The second-order valence-corrected chi connectivity index (χ2v) is 7.17. The highest BCUT2D eigenvalue weighted by atomic mass is 35.5. The quantitative estimate of drug-likeness (QED) is 0.755. The fourth-order valence-electron chi connectivity index (χ4n) is 3.14. The second kappa shape index (κ2) is 8.89. The molecule has 0 radical (unpaired) electrons. The summed E-state index contributed by atoms with van der Waals surface area (Å²) in [5.41, 5.74) is 6.40. The lowest BCUT2D eigenvalue weighted by molar-refractivity contribution is -0.136. The van der Waals surface area contributed by atoms with Crippen LogP contribution in [0.5, 0.6) is 5.75 Å². The molecule has 0 saturated carbocycles. The number of ether oxygens (including phenoxy) is 1. The molecule has 1 heterocycles. The Morgan fingerprint density at radius 2 is 1.64 bits per heavy atom. The maximum atomic E-state index is 12.4. The summed E-state index contributed by atoms with van der Waals surface area (Å²) in [6, 6.07) is 13.3. The first-order valence-electron chi connectivity index (χ1n) is 9.04. The predicted molar refractivity (Wildman–Crippen MR) is 105 cm³/mol. The van der Waals surface area contributed by atoms with Gasteiger partial charge in [0.05, 0.1) is 5.92 Å². The van der Waals surface area contributed by atoms with Gasteiger partial charge in [0, 0.05) is 29.2 Å². The molecule has 1 fully saturated rings. The molecule has 28 heavy (non-hydrogen) atoms. The first kappa shape index (κ1) is 19.9. The topological polar surface area (TPSA) is 89.7 Å². The molecule has 0 aliphatic carbocycles. The molecular formula is C21H21ClN2O4. The van der Waals surface area contributed by atoms with Gasteiger partial charge in [-0.3, -0.25) is 14.4 Å². The molecule has 2 aromatic rings. The Hall–Kier alpha value is -2.86. The van der Waals surface area contributed by atoms with E-state index in [1.54, 1.807) is 53.4 Å². The number of piperidine rings is 1. The molecule has 0 spiro atoms.